The maximum atomic E-state index is 12.2. The van der Waals surface area contributed by atoms with Crippen molar-refractivity contribution in [3.8, 4) is 0 Å². The lowest BCUT2D eigenvalue weighted by Gasteiger charge is -2.14. The van der Waals surface area contributed by atoms with Crippen LogP contribution in [0.1, 0.15) is 18.9 Å². The van der Waals surface area contributed by atoms with Gasteiger partial charge < -0.3 is 9.88 Å². The molecule has 0 aliphatic rings. The number of para-hydroxylation sites is 2. The summed E-state index contributed by atoms with van der Waals surface area (Å²) in [6.07, 6.45) is 3.62. The second kappa shape index (κ2) is 7.09. The van der Waals surface area contributed by atoms with Gasteiger partial charge >= 0.3 is 0 Å². The van der Waals surface area contributed by atoms with Crippen LogP contribution < -0.4 is 5.32 Å². The topological polar surface area (TPSA) is 46.9 Å². The number of carbonyl (C=O) groups excluding carboxylic acids is 1. The van der Waals surface area contributed by atoms with Crippen molar-refractivity contribution < 1.29 is 4.79 Å². The van der Waals surface area contributed by atoms with E-state index in [0.29, 0.717) is 6.54 Å². The highest BCUT2D eigenvalue weighted by atomic mass is 16.2. The molecule has 0 fully saturated rings. The first kappa shape index (κ1) is 15.3. The fourth-order valence-electron chi connectivity index (χ4n) is 2.71. The number of nitrogens with zero attached hydrogens (tertiary/aromatic N) is 2. The minimum Gasteiger partial charge on any atom is -0.352 e. The number of amides is 1. The van der Waals surface area contributed by atoms with E-state index in [1.807, 2.05) is 54.0 Å². The van der Waals surface area contributed by atoms with E-state index in [1.165, 1.54) is 5.56 Å². The van der Waals surface area contributed by atoms with E-state index >= 15 is 0 Å². The highest BCUT2D eigenvalue weighted by Gasteiger charge is 2.10. The molecular weight excluding hydrogens is 286 g/mol. The summed E-state index contributed by atoms with van der Waals surface area (Å²) in [6.45, 7) is 2.35. The molecule has 0 bridgehead atoms. The molecule has 4 heteroatoms. The Morgan fingerprint density at radius 2 is 1.87 bits per heavy atom. The predicted octanol–water partition coefficient (Wildman–Crippen LogP) is 3.17. The van der Waals surface area contributed by atoms with E-state index < -0.39 is 0 Å². The van der Waals surface area contributed by atoms with Gasteiger partial charge in [0.15, 0.2) is 0 Å². The second-order valence-corrected chi connectivity index (χ2v) is 5.85. The summed E-state index contributed by atoms with van der Waals surface area (Å²) in [4.78, 5) is 16.5. The number of aryl methyl sites for hydroxylation is 1. The van der Waals surface area contributed by atoms with Gasteiger partial charge in [-0.25, -0.2) is 4.98 Å². The Labute approximate surface area is 136 Å². The average Bonchev–Trinajstić information content (AvgIpc) is 2.97. The highest BCUT2D eigenvalue weighted by molar-refractivity contribution is 5.80. The van der Waals surface area contributed by atoms with Crippen LogP contribution >= 0.6 is 0 Å². The van der Waals surface area contributed by atoms with Crippen LogP contribution in [0.2, 0.25) is 0 Å². The quantitative estimate of drug-likeness (QED) is 0.760. The first-order valence-corrected chi connectivity index (χ1v) is 7.95. The molecule has 0 aliphatic carbocycles. The molecule has 1 aromatic heterocycles. The number of imidazole rings is 1. The van der Waals surface area contributed by atoms with E-state index in [1.54, 1.807) is 6.33 Å². The number of rotatable bonds is 6. The highest BCUT2D eigenvalue weighted by Crippen LogP contribution is 2.11. The molecule has 1 N–H and O–H groups in total. The molecular formula is C19H21N3O. The Morgan fingerprint density at radius 1 is 1.13 bits per heavy atom. The summed E-state index contributed by atoms with van der Waals surface area (Å²) in [6, 6.07) is 18.3. The van der Waals surface area contributed by atoms with Crippen LogP contribution in [0.5, 0.6) is 0 Å². The molecule has 1 amide bonds. The van der Waals surface area contributed by atoms with Gasteiger partial charge in [-0.05, 0) is 37.5 Å². The molecule has 118 valence electrons. The van der Waals surface area contributed by atoms with Gasteiger partial charge in [-0.3, -0.25) is 4.79 Å². The normalized spacial score (nSPS) is 12.2. The molecule has 3 rings (SSSR count). The lowest BCUT2D eigenvalue weighted by molar-refractivity contribution is -0.122. The third-order valence-corrected chi connectivity index (χ3v) is 3.96. The van der Waals surface area contributed by atoms with Crippen molar-refractivity contribution in [2.24, 2.45) is 0 Å². The number of hydrogen-bond acceptors (Lipinski definition) is 2. The molecule has 0 radical (unpaired) electrons. The van der Waals surface area contributed by atoms with Crippen molar-refractivity contribution in [2.45, 2.75) is 32.4 Å². The van der Waals surface area contributed by atoms with Gasteiger partial charge in [0.05, 0.1) is 17.4 Å². The summed E-state index contributed by atoms with van der Waals surface area (Å²) in [5.74, 6) is 0.0220. The van der Waals surface area contributed by atoms with Gasteiger partial charge in [-0.1, -0.05) is 42.5 Å². The Kier molecular flexibility index (Phi) is 4.71. The van der Waals surface area contributed by atoms with Crippen molar-refractivity contribution >= 4 is 16.9 Å². The first-order chi connectivity index (χ1) is 11.2. The van der Waals surface area contributed by atoms with Crippen molar-refractivity contribution in [3.63, 3.8) is 0 Å². The first-order valence-electron chi connectivity index (χ1n) is 7.95. The van der Waals surface area contributed by atoms with Crippen molar-refractivity contribution in [1.82, 2.24) is 14.9 Å². The summed E-state index contributed by atoms with van der Waals surface area (Å²) >= 11 is 0. The Hall–Kier alpha value is -2.62. The summed E-state index contributed by atoms with van der Waals surface area (Å²) in [5.41, 5.74) is 3.20. The van der Waals surface area contributed by atoms with E-state index in [2.05, 4.69) is 22.4 Å². The zero-order chi connectivity index (χ0) is 16.1. The number of carbonyl (C=O) groups is 1. The van der Waals surface area contributed by atoms with Crippen molar-refractivity contribution in [2.75, 3.05) is 0 Å². The van der Waals surface area contributed by atoms with Gasteiger partial charge in [0.1, 0.15) is 6.54 Å². The number of nitrogens with one attached hydrogen (secondary N) is 1. The molecule has 3 aromatic rings. The van der Waals surface area contributed by atoms with Gasteiger partial charge in [-0.15, -0.1) is 0 Å². The molecule has 4 nitrogen and oxygen atoms in total. The summed E-state index contributed by atoms with van der Waals surface area (Å²) < 4.78 is 1.88. The van der Waals surface area contributed by atoms with Crippen LogP contribution in [0.15, 0.2) is 60.9 Å². The Bertz CT molecular complexity index is 779. The number of benzene rings is 2. The molecule has 2 aromatic carbocycles. The third kappa shape index (κ3) is 3.97. The number of hydrogen-bond donors (Lipinski definition) is 1. The van der Waals surface area contributed by atoms with Crippen LogP contribution in [0.3, 0.4) is 0 Å². The van der Waals surface area contributed by atoms with Gasteiger partial charge in [-0.2, -0.15) is 0 Å². The standard InChI is InChI=1S/C19H21N3O/c1-15(11-12-16-7-3-2-4-8-16)21-19(23)13-22-14-20-17-9-5-6-10-18(17)22/h2-10,14-15H,11-13H2,1H3,(H,21,23). The SMILES string of the molecule is CC(CCc1ccccc1)NC(=O)Cn1cnc2ccccc21. The number of fused-ring (bicyclic) bond motifs is 1. The van der Waals surface area contributed by atoms with Crippen LogP contribution in [-0.4, -0.2) is 21.5 Å². The third-order valence-electron chi connectivity index (χ3n) is 3.96. The zero-order valence-corrected chi connectivity index (χ0v) is 13.3. The van der Waals surface area contributed by atoms with Crippen molar-refractivity contribution in [3.05, 3.63) is 66.5 Å². The van der Waals surface area contributed by atoms with Crippen LogP contribution in [0.25, 0.3) is 11.0 Å². The van der Waals surface area contributed by atoms with Gasteiger partial charge in [0.2, 0.25) is 5.91 Å². The second-order valence-electron chi connectivity index (χ2n) is 5.85. The van der Waals surface area contributed by atoms with E-state index in [-0.39, 0.29) is 11.9 Å². The van der Waals surface area contributed by atoms with E-state index in [0.717, 1.165) is 23.9 Å². The maximum Gasteiger partial charge on any atom is 0.240 e. The summed E-state index contributed by atoms with van der Waals surface area (Å²) in [5, 5.41) is 3.07. The van der Waals surface area contributed by atoms with Gasteiger partial charge in [0, 0.05) is 6.04 Å². The monoisotopic (exact) mass is 307 g/mol. The molecule has 1 heterocycles. The average molecular weight is 307 g/mol. The summed E-state index contributed by atoms with van der Waals surface area (Å²) in [7, 11) is 0. The lowest BCUT2D eigenvalue weighted by atomic mass is 10.1. The van der Waals surface area contributed by atoms with Crippen LogP contribution in [0.4, 0.5) is 0 Å². The molecule has 1 atom stereocenters. The fourth-order valence-corrected chi connectivity index (χ4v) is 2.71. The van der Waals surface area contributed by atoms with E-state index in [9.17, 15) is 4.79 Å². The molecule has 0 saturated carbocycles. The van der Waals surface area contributed by atoms with Gasteiger partial charge in [0.25, 0.3) is 0 Å². The minimum atomic E-state index is 0.0220. The van der Waals surface area contributed by atoms with Crippen LogP contribution in [0, 0.1) is 0 Å². The molecule has 23 heavy (non-hydrogen) atoms. The fraction of sp³-hybridized carbons (Fsp3) is 0.263. The zero-order valence-electron chi connectivity index (χ0n) is 13.3. The molecule has 1 unspecified atom stereocenters. The minimum absolute atomic E-state index is 0.0220. The molecule has 0 spiro atoms. The van der Waals surface area contributed by atoms with E-state index in [4.69, 9.17) is 0 Å². The maximum absolute atomic E-state index is 12.2. The predicted molar refractivity (Wildman–Crippen MR) is 92.1 cm³/mol. The Balaban J connectivity index is 1.52. The number of aromatic nitrogens is 2. The lowest BCUT2D eigenvalue weighted by Crippen LogP contribution is -2.35. The smallest absolute Gasteiger partial charge is 0.240 e. The van der Waals surface area contributed by atoms with Crippen molar-refractivity contribution in [1.29, 1.82) is 0 Å². The molecule has 0 saturated heterocycles. The van der Waals surface area contributed by atoms with Crippen LogP contribution in [-0.2, 0) is 17.8 Å². The molecule has 0 aliphatic heterocycles. The largest absolute Gasteiger partial charge is 0.352 e. The Morgan fingerprint density at radius 3 is 2.70 bits per heavy atom.